The minimum atomic E-state index is -1.75. The third kappa shape index (κ3) is 2.02. The minimum Gasteiger partial charge on any atom is -0.479 e. The summed E-state index contributed by atoms with van der Waals surface area (Å²) < 4.78 is 0. The largest absolute Gasteiger partial charge is 0.479 e. The number of aliphatic hydroxyl groups excluding tert-OH is 1. The Morgan fingerprint density at radius 3 is 2.60 bits per heavy atom. The van der Waals surface area contributed by atoms with Gasteiger partial charge in [-0.1, -0.05) is 19.4 Å². The van der Waals surface area contributed by atoms with Crippen LogP contribution in [0.5, 0.6) is 0 Å². The molecule has 0 aromatic rings. The molecule has 4 aliphatic rings. The van der Waals surface area contributed by atoms with Gasteiger partial charge >= 0.3 is 5.97 Å². The molecule has 3 saturated carbocycles. The first-order chi connectivity index (χ1) is 11.6. The van der Waals surface area contributed by atoms with Crippen molar-refractivity contribution in [1.82, 2.24) is 0 Å². The Morgan fingerprint density at radius 1 is 1.20 bits per heavy atom. The molecule has 7 atom stereocenters. The monoisotopic (exact) mass is 348 g/mol. The second kappa shape index (κ2) is 5.17. The van der Waals surface area contributed by atoms with Gasteiger partial charge in [-0.3, -0.25) is 4.79 Å². The fraction of sp³-hybridized carbons (Fsp3) is 0.800. The lowest BCUT2D eigenvalue weighted by molar-refractivity contribution is -0.194. The van der Waals surface area contributed by atoms with Crippen LogP contribution in [0.4, 0.5) is 0 Å². The molecule has 25 heavy (non-hydrogen) atoms. The molecule has 3 N–H and O–H groups in total. The summed E-state index contributed by atoms with van der Waals surface area (Å²) in [6.07, 6.45) is 5.43. The van der Waals surface area contributed by atoms with Crippen molar-refractivity contribution in [2.24, 2.45) is 28.6 Å². The number of rotatable bonds is 1. The number of carbonyl (C=O) groups excluding carboxylic acids is 1. The van der Waals surface area contributed by atoms with E-state index in [-0.39, 0.29) is 35.4 Å². The predicted molar refractivity (Wildman–Crippen MR) is 90.7 cm³/mol. The van der Waals surface area contributed by atoms with Crippen LogP contribution in [-0.2, 0) is 9.59 Å². The van der Waals surface area contributed by atoms with Gasteiger partial charge in [0.25, 0.3) is 0 Å². The normalized spacial score (nSPS) is 52.0. The van der Waals surface area contributed by atoms with Gasteiger partial charge in [-0.25, -0.2) is 4.79 Å². The number of carboxylic acids is 1. The molecule has 0 heterocycles. The highest BCUT2D eigenvalue weighted by molar-refractivity contribution is 5.91. The molecule has 0 amide bonds. The highest BCUT2D eigenvalue weighted by Gasteiger charge is 2.68. The van der Waals surface area contributed by atoms with Crippen LogP contribution in [0.3, 0.4) is 0 Å². The van der Waals surface area contributed by atoms with E-state index in [1.807, 2.05) is 6.92 Å². The Hall–Kier alpha value is -1.20. The lowest BCUT2D eigenvalue weighted by Crippen LogP contribution is -2.61. The van der Waals surface area contributed by atoms with Gasteiger partial charge in [-0.05, 0) is 67.8 Å². The van der Waals surface area contributed by atoms with Gasteiger partial charge in [0, 0.05) is 11.8 Å². The number of ketones is 1. The molecule has 4 unspecified atom stereocenters. The van der Waals surface area contributed by atoms with Crippen LogP contribution in [0, 0.1) is 28.6 Å². The average Bonchev–Trinajstić information content (AvgIpc) is 2.80. The van der Waals surface area contributed by atoms with Gasteiger partial charge in [0.1, 0.15) is 0 Å². The Bertz CT molecular complexity index is 669. The van der Waals surface area contributed by atoms with Crippen molar-refractivity contribution in [3.05, 3.63) is 11.6 Å². The highest BCUT2D eigenvalue weighted by Crippen LogP contribution is 2.67. The number of hydrogen-bond donors (Lipinski definition) is 3. The number of allylic oxidation sites excluding steroid dienone is 1. The zero-order valence-corrected chi connectivity index (χ0v) is 15.0. The van der Waals surface area contributed by atoms with E-state index in [4.69, 9.17) is 0 Å². The van der Waals surface area contributed by atoms with Crippen LogP contribution < -0.4 is 0 Å². The Labute approximate surface area is 148 Å². The van der Waals surface area contributed by atoms with Crippen molar-refractivity contribution in [3.8, 4) is 0 Å². The molecule has 4 rings (SSSR count). The minimum absolute atomic E-state index is 0.0508. The second-order valence-corrected chi connectivity index (χ2v) is 9.28. The summed E-state index contributed by atoms with van der Waals surface area (Å²) in [6, 6.07) is 0. The molecule has 0 radical (unpaired) electrons. The van der Waals surface area contributed by atoms with Gasteiger partial charge in [0.05, 0.1) is 6.10 Å². The van der Waals surface area contributed by atoms with Crippen LogP contribution in [-0.4, -0.2) is 38.8 Å². The van der Waals surface area contributed by atoms with Crippen LogP contribution in [0.15, 0.2) is 11.6 Å². The molecule has 0 aromatic carbocycles. The molecule has 0 aromatic heterocycles. The first kappa shape index (κ1) is 17.2. The number of carboxylic acid groups (broad SMARTS) is 1. The van der Waals surface area contributed by atoms with Crippen molar-refractivity contribution in [2.75, 3.05) is 0 Å². The van der Waals surface area contributed by atoms with E-state index < -0.39 is 23.1 Å². The highest BCUT2D eigenvalue weighted by atomic mass is 16.4. The molecule has 0 bridgehead atoms. The SMILES string of the molecule is C[C@]12CCC(=O)C=C1CCC1C2C(O)C[C@@]2(C)C1CC[C@]2(O)C(=O)O. The van der Waals surface area contributed by atoms with Crippen LogP contribution in [0.1, 0.15) is 58.8 Å². The second-order valence-electron chi connectivity index (χ2n) is 9.28. The first-order valence-corrected chi connectivity index (χ1v) is 9.51. The third-order valence-corrected chi connectivity index (χ3v) is 8.40. The topological polar surface area (TPSA) is 94.8 Å². The van der Waals surface area contributed by atoms with Crippen LogP contribution >= 0.6 is 0 Å². The predicted octanol–water partition coefficient (Wildman–Crippen LogP) is 2.30. The zero-order valence-electron chi connectivity index (χ0n) is 15.0. The lowest BCUT2D eigenvalue weighted by atomic mass is 9.45. The van der Waals surface area contributed by atoms with Crippen molar-refractivity contribution in [3.63, 3.8) is 0 Å². The van der Waals surface area contributed by atoms with Crippen LogP contribution in [0.2, 0.25) is 0 Å². The number of hydrogen-bond acceptors (Lipinski definition) is 4. The molecule has 0 spiro atoms. The van der Waals surface area contributed by atoms with E-state index in [0.717, 1.165) is 19.3 Å². The molecule has 0 saturated heterocycles. The van der Waals surface area contributed by atoms with Crippen molar-refractivity contribution in [1.29, 1.82) is 0 Å². The van der Waals surface area contributed by atoms with Gasteiger partial charge < -0.3 is 15.3 Å². The Kier molecular flexibility index (Phi) is 3.56. The summed E-state index contributed by atoms with van der Waals surface area (Å²) in [5.41, 5.74) is -1.55. The van der Waals surface area contributed by atoms with Gasteiger partial charge in [-0.2, -0.15) is 0 Å². The summed E-state index contributed by atoms with van der Waals surface area (Å²) in [7, 11) is 0. The fourth-order valence-electron chi connectivity index (χ4n) is 7.04. The number of carbonyl (C=O) groups is 2. The molecule has 5 nitrogen and oxygen atoms in total. The maximum atomic E-state index is 11.9. The number of aliphatic carboxylic acids is 1. The molecule has 3 fully saturated rings. The average molecular weight is 348 g/mol. The first-order valence-electron chi connectivity index (χ1n) is 9.51. The standard InChI is InChI=1S/C20H28O5/c1-18-7-5-12(21)9-11(18)3-4-13-14-6-8-20(25,17(23)24)19(14,2)10-15(22)16(13)18/h9,13-16,22,25H,3-8,10H2,1-2H3,(H,23,24)/t13?,14?,15?,16?,18-,19-,20-/m0/s1. The van der Waals surface area contributed by atoms with E-state index in [1.165, 1.54) is 5.57 Å². The Balaban J connectivity index is 1.75. The summed E-state index contributed by atoms with van der Waals surface area (Å²) in [5, 5.41) is 31.6. The summed E-state index contributed by atoms with van der Waals surface area (Å²) >= 11 is 0. The zero-order chi connectivity index (χ0) is 18.2. The molecule has 5 heteroatoms. The fourth-order valence-corrected chi connectivity index (χ4v) is 7.04. The molecular formula is C20H28O5. The van der Waals surface area contributed by atoms with Gasteiger partial charge in [0.2, 0.25) is 0 Å². The van der Waals surface area contributed by atoms with Crippen molar-refractivity contribution >= 4 is 11.8 Å². The number of aliphatic hydroxyl groups is 2. The Morgan fingerprint density at radius 2 is 1.92 bits per heavy atom. The third-order valence-electron chi connectivity index (χ3n) is 8.40. The van der Waals surface area contributed by atoms with Crippen LogP contribution in [0.25, 0.3) is 0 Å². The number of fused-ring (bicyclic) bond motifs is 5. The van der Waals surface area contributed by atoms with Gasteiger partial charge in [0.15, 0.2) is 11.4 Å². The van der Waals surface area contributed by atoms with E-state index in [2.05, 4.69) is 6.92 Å². The molecule has 138 valence electrons. The summed E-state index contributed by atoms with van der Waals surface area (Å²) in [4.78, 5) is 23.7. The quantitative estimate of drug-likeness (QED) is 0.676. The van der Waals surface area contributed by atoms with E-state index in [9.17, 15) is 24.9 Å². The molecular weight excluding hydrogens is 320 g/mol. The maximum Gasteiger partial charge on any atom is 0.336 e. The van der Waals surface area contributed by atoms with Crippen molar-refractivity contribution in [2.45, 2.75) is 70.5 Å². The van der Waals surface area contributed by atoms with E-state index >= 15 is 0 Å². The molecule has 4 aliphatic carbocycles. The van der Waals surface area contributed by atoms with E-state index in [1.54, 1.807) is 6.08 Å². The lowest BCUT2D eigenvalue weighted by Gasteiger charge is -2.60. The molecule has 0 aliphatic heterocycles. The van der Waals surface area contributed by atoms with E-state index in [0.29, 0.717) is 19.3 Å². The smallest absolute Gasteiger partial charge is 0.336 e. The maximum absolute atomic E-state index is 11.9. The summed E-state index contributed by atoms with van der Waals surface area (Å²) in [5.74, 6) is -0.610. The van der Waals surface area contributed by atoms with Crippen molar-refractivity contribution < 1.29 is 24.9 Å². The summed E-state index contributed by atoms with van der Waals surface area (Å²) in [6.45, 7) is 4.03. The van der Waals surface area contributed by atoms with Gasteiger partial charge in [-0.15, -0.1) is 0 Å².